The lowest BCUT2D eigenvalue weighted by Gasteiger charge is -2.34. The molecule has 0 N–H and O–H groups in total. The highest BCUT2D eigenvalue weighted by molar-refractivity contribution is 6.16. The van der Waals surface area contributed by atoms with Crippen LogP contribution in [0.15, 0.2) is 18.3 Å². The van der Waals surface area contributed by atoms with Gasteiger partial charge in [0.2, 0.25) is 0 Å². The normalized spacial score (nSPS) is 20.2. The zero-order valence-electron chi connectivity index (χ0n) is 10.6. The molecule has 1 aliphatic rings. The molecule has 0 amide bonds. The third-order valence-electron chi connectivity index (χ3n) is 3.51. The summed E-state index contributed by atoms with van der Waals surface area (Å²) in [5, 5.41) is 0. The van der Waals surface area contributed by atoms with Crippen LogP contribution >= 0.6 is 11.6 Å². The molecule has 1 aliphatic carbocycles. The van der Waals surface area contributed by atoms with E-state index in [4.69, 9.17) is 16.3 Å². The van der Waals surface area contributed by atoms with E-state index in [9.17, 15) is 0 Å². The van der Waals surface area contributed by atoms with E-state index in [0.717, 1.165) is 24.3 Å². The van der Waals surface area contributed by atoms with Crippen molar-refractivity contribution in [3.05, 3.63) is 24.0 Å². The molecule has 2 nitrogen and oxygen atoms in total. The molecule has 1 aromatic rings. The molecule has 1 heterocycles. The van der Waals surface area contributed by atoms with Gasteiger partial charge in [-0.05, 0) is 37.2 Å². The molecule has 0 aromatic carbocycles. The van der Waals surface area contributed by atoms with Gasteiger partial charge >= 0.3 is 0 Å². The van der Waals surface area contributed by atoms with Gasteiger partial charge in [-0.1, -0.05) is 13.8 Å². The van der Waals surface area contributed by atoms with E-state index in [-0.39, 0.29) is 0 Å². The topological polar surface area (TPSA) is 22.1 Å². The van der Waals surface area contributed by atoms with Crippen LogP contribution in [-0.2, 0) is 5.88 Å². The Bertz CT molecular complexity index is 368. The van der Waals surface area contributed by atoms with Gasteiger partial charge in [-0.2, -0.15) is 0 Å². The van der Waals surface area contributed by atoms with Crippen molar-refractivity contribution in [2.45, 2.75) is 51.5 Å². The van der Waals surface area contributed by atoms with E-state index >= 15 is 0 Å². The highest BCUT2D eigenvalue weighted by Crippen LogP contribution is 2.36. The van der Waals surface area contributed by atoms with Gasteiger partial charge in [0.05, 0.1) is 17.7 Å². The molecule has 17 heavy (non-hydrogen) atoms. The first kappa shape index (κ1) is 12.7. The largest absolute Gasteiger partial charge is 0.490 e. The van der Waals surface area contributed by atoms with E-state index in [1.165, 1.54) is 12.8 Å². The maximum atomic E-state index is 5.99. The van der Waals surface area contributed by atoms with Crippen LogP contribution in [0.4, 0.5) is 0 Å². The fraction of sp³-hybridized carbons (Fsp3) is 0.643. The molecule has 0 saturated heterocycles. The van der Waals surface area contributed by atoms with E-state index in [1.54, 1.807) is 6.20 Å². The van der Waals surface area contributed by atoms with Crippen molar-refractivity contribution in [1.29, 1.82) is 0 Å². The lowest BCUT2D eigenvalue weighted by Crippen LogP contribution is -2.28. The summed E-state index contributed by atoms with van der Waals surface area (Å²) < 4.78 is 5.99. The Morgan fingerprint density at radius 2 is 2.12 bits per heavy atom. The number of rotatable bonds is 3. The first-order chi connectivity index (χ1) is 8.09. The van der Waals surface area contributed by atoms with Gasteiger partial charge in [-0.15, -0.1) is 11.6 Å². The maximum Gasteiger partial charge on any atom is 0.123 e. The Balaban J connectivity index is 1.93. The fourth-order valence-corrected chi connectivity index (χ4v) is 2.43. The monoisotopic (exact) mass is 253 g/mol. The van der Waals surface area contributed by atoms with Crippen LogP contribution in [0.5, 0.6) is 5.75 Å². The van der Waals surface area contributed by atoms with Crippen molar-refractivity contribution >= 4 is 11.6 Å². The Morgan fingerprint density at radius 3 is 2.76 bits per heavy atom. The minimum absolute atomic E-state index is 0.355. The second-order valence-electron chi connectivity index (χ2n) is 5.60. The van der Waals surface area contributed by atoms with E-state index < -0.39 is 0 Å². The van der Waals surface area contributed by atoms with Crippen molar-refractivity contribution < 1.29 is 4.74 Å². The number of halogens is 1. The molecule has 2 rings (SSSR count). The van der Waals surface area contributed by atoms with Gasteiger partial charge in [-0.25, -0.2) is 0 Å². The Kier molecular flexibility index (Phi) is 3.93. The molecule has 0 atom stereocenters. The number of ether oxygens (including phenoxy) is 1. The molecule has 1 fully saturated rings. The maximum absolute atomic E-state index is 5.99. The van der Waals surface area contributed by atoms with E-state index in [2.05, 4.69) is 18.8 Å². The number of hydrogen-bond donors (Lipinski definition) is 0. The van der Waals surface area contributed by atoms with E-state index in [1.807, 2.05) is 12.1 Å². The van der Waals surface area contributed by atoms with Gasteiger partial charge in [0.1, 0.15) is 5.75 Å². The summed E-state index contributed by atoms with van der Waals surface area (Å²) in [6.07, 6.45) is 6.89. The lowest BCUT2D eigenvalue weighted by atomic mass is 9.76. The molecule has 3 heteroatoms. The van der Waals surface area contributed by atoms with Crippen LogP contribution in [0.1, 0.15) is 45.2 Å². The molecule has 0 unspecified atom stereocenters. The zero-order chi connectivity index (χ0) is 12.3. The average molecular weight is 254 g/mol. The van der Waals surface area contributed by atoms with Crippen LogP contribution in [0.3, 0.4) is 0 Å². The van der Waals surface area contributed by atoms with Crippen LogP contribution in [-0.4, -0.2) is 11.1 Å². The zero-order valence-corrected chi connectivity index (χ0v) is 11.3. The molecule has 94 valence electrons. The summed E-state index contributed by atoms with van der Waals surface area (Å²) >= 11 is 5.76. The second kappa shape index (κ2) is 5.26. The molecule has 0 radical (unpaired) electrons. The minimum atomic E-state index is 0.355. The van der Waals surface area contributed by atoms with Gasteiger partial charge in [0.25, 0.3) is 0 Å². The third kappa shape index (κ3) is 3.60. The number of nitrogens with zero attached hydrogens (tertiary/aromatic N) is 1. The molecular formula is C14H20ClNO. The summed E-state index contributed by atoms with van der Waals surface area (Å²) in [5.41, 5.74) is 1.36. The van der Waals surface area contributed by atoms with Crippen molar-refractivity contribution in [2.75, 3.05) is 0 Å². The summed E-state index contributed by atoms with van der Waals surface area (Å²) in [6.45, 7) is 4.67. The first-order valence-corrected chi connectivity index (χ1v) is 6.80. The number of pyridine rings is 1. The highest BCUT2D eigenvalue weighted by Gasteiger charge is 2.27. The van der Waals surface area contributed by atoms with Crippen LogP contribution in [0.25, 0.3) is 0 Å². The number of hydrogen-bond acceptors (Lipinski definition) is 2. The summed E-state index contributed by atoms with van der Waals surface area (Å²) in [4.78, 5) is 4.16. The van der Waals surface area contributed by atoms with Gasteiger partial charge in [0, 0.05) is 12.3 Å². The predicted molar refractivity (Wildman–Crippen MR) is 70.5 cm³/mol. The van der Waals surface area contributed by atoms with Crippen molar-refractivity contribution in [1.82, 2.24) is 4.98 Å². The van der Waals surface area contributed by atoms with Crippen LogP contribution in [0.2, 0.25) is 0 Å². The average Bonchev–Trinajstić information content (AvgIpc) is 2.32. The molecule has 1 aromatic heterocycles. The lowest BCUT2D eigenvalue weighted by molar-refractivity contribution is 0.0986. The minimum Gasteiger partial charge on any atom is -0.490 e. The molecule has 0 bridgehead atoms. The second-order valence-corrected chi connectivity index (χ2v) is 5.87. The summed E-state index contributed by atoms with van der Waals surface area (Å²) in [5.74, 6) is 1.34. The van der Waals surface area contributed by atoms with Gasteiger partial charge in [-0.3, -0.25) is 4.98 Å². The fourth-order valence-electron chi connectivity index (χ4n) is 2.29. The summed E-state index contributed by atoms with van der Waals surface area (Å²) in [7, 11) is 0. The third-order valence-corrected chi connectivity index (χ3v) is 3.79. The van der Waals surface area contributed by atoms with Crippen molar-refractivity contribution in [3.8, 4) is 5.75 Å². The number of alkyl halides is 1. The van der Waals surface area contributed by atoms with Gasteiger partial charge in [0.15, 0.2) is 0 Å². The van der Waals surface area contributed by atoms with Crippen molar-refractivity contribution in [2.24, 2.45) is 5.41 Å². The van der Waals surface area contributed by atoms with Gasteiger partial charge < -0.3 is 4.74 Å². The highest BCUT2D eigenvalue weighted by atomic mass is 35.5. The van der Waals surface area contributed by atoms with Crippen LogP contribution < -0.4 is 4.74 Å². The van der Waals surface area contributed by atoms with E-state index in [0.29, 0.717) is 17.4 Å². The van der Waals surface area contributed by atoms with Crippen molar-refractivity contribution in [3.63, 3.8) is 0 Å². The summed E-state index contributed by atoms with van der Waals surface area (Å²) in [6, 6.07) is 3.85. The first-order valence-electron chi connectivity index (χ1n) is 6.27. The number of aromatic nitrogens is 1. The van der Waals surface area contributed by atoms with Crippen LogP contribution in [0, 0.1) is 5.41 Å². The smallest absolute Gasteiger partial charge is 0.123 e. The Morgan fingerprint density at radius 1 is 1.41 bits per heavy atom. The molecule has 1 saturated carbocycles. The molecular weight excluding hydrogens is 234 g/mol. The Labute approximate surface area is 108 Å². The Hall–Kier alpha value is -0.760. The molecule has 0 spiro atoms. The molecule has 0 aliphatic heterocycles. The SMILES string of the molecule is CC1(C)CCC(Oc2ccnc(CCl)c2)CC1. The standard InChI is InChI=1S/C14H20ClNO/c1-14(2)6-3-12(4-7-14)17-13-5-8-16-11(9-13)10-15/h5,8-9,12H,3-4,6-7,10H2,1-2H3. The quantitative estimate of drug-likeness (QED) is 0.755. The predicted octanol–water partition coefficient (Wildman–Crippen LogP) is 4.17.